The van der Waals surface area contributed by atoms with Gasteiger partial charge in [-0.05, 0) is 0 Å². The van der Waals surface area contributed by atoms with Crippen LogP contribution in [0.15, 0.2) is 16.7 Å². The molecular weight excluding hydrogens is 242 g/mol. The molecule has 3 heteroatoms. The molecule has 0 nitrogen and oxygen atoms in total. The molecule has 0 saturated carbocycles. The molecule has 0 unspecified atom stereocenters. The number of hydrogen-bond acceptors (Lipinski definition) is 0. The van der Waals surface area contributed by atoms with E-state index in [1.54, 1.807) is 0 Å². The van der Waals surface area contributed by atoms with Crippen LogP contribution in [0.25, 0.3) is 0 Å². The van der Waals surface area contributed by atoms with Gasteiger partial charge < -0.3 is 0 Å². The van der Waals surface area contributed by atoms with Gasteiger partial charge in [0, 0.05) is 18.6 Å². The fourth-order valence-electron chi connectivity index (χ4n) is 1.41. The molecule has 0 saturated heterocycles. The van der Waals surface area contributed by atoms with Crippen molar-refractivity contribution in [1.82, 2.24) is 0 Å². The molecule has 0 aromatic carbocycles. The number of halogens is 2. The van der Waals surface area contributed by atoms with Gasteiger partial charge in [0.15, 0.2) is 0 Å². The minimum atomic E-state index is 0. The zero-order chi connectivity index (χ0) is 7.94. The maximum Gasteiger partial charge on any atom is 0 e. The van der Waals surface area contributed by atoms with Crippen molar-refractivity contribution in [3.05, 3.63) is 22.8 Å². The van der Waals surface area contributed by atoms with Crippen LogP contribution in [-0.4, -0.2) is 0 Å². The van der Waals surface area contributed by atoms with Gasteiger partial charge in [0.05, 0.1) is 0 Å². The van der Waals surface area contributed by atoms with E-state index in [0.717, 1.165) is 0 Å². The molecule has 1 radical (unpaired) electrons. The van der Waals surface area contributed by atoms with E-state index in [-0.39, 0.29) is 48.8 Å². The molecule has 13 heavy (non-hydrogen) atoms. The van der Waals surface area contributed by atoms with Gasteiger partial charge in [0.2, 0.25) is 0 Å². The van der Waals surface area contributed by atoms with E-state index < -0.39 is 0 Å². The molecule has 0 aliphatic heterocycles. The average molecular weight is 259 g/mol. The van der Waals surface area contributed by atoms with Gasteiger partial charge >= 0.3 is 0 Å². The van der Waals surface area contributed by atoms with Crippen molar-refractivity contribution in [2.24, 2.45) is 5.41 Å². The van der Waals surface area contributed by atoms with Gasteiger partial charge in [-0.25, -0.2) is 5.57 Å². The monoisotopic (exact) mass is 258 g/mol. The van der Waals surface area contributed by atoms with Gasteiger partial charge in [0.25, 0.3) is 0 Å². The first kappa shape index (κ1) is 19.3. The summed E-state index contributed by atoms with van der Waals surface area (Å²) in [7, 11) is 0. The Morgan fingerprint density at radius 2 is 1.38 bits per heavy atom. The second-order valence-corrected chi connectivity index (χ2v) is 3.62. The van der Waals surface area contributed by atoms with E-state index in [1.165, 1.54) is 16.7 Å². The van der Waals surface area contributed by atoms with Crippen LogP contribution < -0.4 is 0 Å². The smallest absolute Gasteiger partial charge is 0 e. The van der Waals surface area contributed by atoms with Crippen LogP contribution >= 0.6 is 24.8 Å². The van der Waals surface area contributed by atoms with Crippen LogP contribution in [0.5, 0.6) is 0 Å². The van der Waals surface area contributed by atoms with Crippen molar-refractivity contribution >= 4 is 24.8 Å². The van der Waals surface area contributed by atoms with Crippen LogP contribution in [0.3, 0.4) is 0 Å². The maximum atomic E-state index is 3.44. The molecule has 1 aliphatic carbocycles. The fourth-order valence-corrected chi connectivity index (χ4v) is 1.41. The molecule has 0 bridgehead atoms. The molecule has 0 aromatic heterocycles. The Morgan fingerprint density at radius 1 is 1.00 bits per heavy atom. The van der Waals surface area contributed by atoms with E-state index in [0.29, 0.717) is 0 Å². The third-order valence-corrected chi connectivity index (χ3v) is 2.56. The normalized spacial score (nSPS) is 18.1. The van der Waals surface area contributed by atoms with Crippen LogP contribution in [0.1, 0.15) is 34.6 Å². The summed E-state index contributed by atoms with van der Waals surface area (Å²) in [4.78, 5) is 0. The van der Waals surface area contributed by atoms with Crippen LogP contribution in [0, 0.1) is 11.5 Å². The van der Waals surface area contributed by atoms with E-state index in [1.807, 2.05) is 0 Å². The summed E-state index contributed by atoms with van der Waals surface area (Å²) in [6.07, 6.45) is 3.44. The van der Waals surface area contributed by atoms with Gasteiger partial charge in [-0.15, -0.1) is 31.7 Å². The van der Waals surface area contributed by atoms with E-state index >= 15 is 0 Å². The van der Waals surface area contributed by atoms with Crippen LogP contribution in [0.2, 0.25) is 0 Å². The van der Waals surface area contributed by atoms with E-state index in [2.05, 4.69) is 40.7 Å². The maximum absolute atomic E-state index is 3.44. The largest absolute Gasteiger partial charge is 0.263 e. The molecular formula is C10H17Cl2V-. The minimum absolute atomic E-state index is 0. The molecule has 0 fully saturated rings. The van der Waals surface area contributed by atoms with Gasteiger partial charge in [0.1, 0.15) is 0 Å². The number of rotatable bonds is 0. The number of hydrogen-bond donors (Lipinski definition) is 0. The van der Waals surface area contributed by atoms with Crippen molar-refractivity contribution in [1.29, 1.82) is 0 Å². The summed E-state index contributed by atoms with van der Waals surface area (Å²) in [6.45, 7) is 10.9. The molecule has 0 heterocycles. The second-order valence-electron chi connectivity index (χ2n) is 3.62. The van der Waals surface area contributed by atoms with Gasteiger partial charge in [-0.3, -0.25) is 6.08 Å². The molecule has 1 aliphatic rings. The molecule has 0 N–H and O–H groups in total. The Morgan fingerprint density at radius 3 is 1.46 bits per heavy atom. The predicted molar refractivity (Wildman–Crippen MR) is 59.1 cm³/mol. The van der Waals surface area contributed by atoms with Crippen molar-refractivity contribution < 1.29 is 18.6 Å². The zero-order valence-electron chi connectivity index (χ0n) is 8.76. The zero-order valence-corrected chi connectivity index (χ0v) is 11.8. The van der Waals surface area contributed by atoms with Gasteiger partial charge in [-0.2, -0.15) is 11.1 Å². The average Bonchev–Trinajstić information content (AvgIpc) is 1.95. The Hall–Kier alpha value is 0.644. The summed E-state index contributed by atoms with van der Waals surface area (Å²) < 4.78 is 0. The third-order valence-electron chi connectivity index (χ3n) is 2.56. The molecule has 0 atom stereocenters. The summed E-state index contributed by atoms with van der Waals surface area (Å²) in [5, 5.41) is 0. The first-order chi connectivity index (χ1) is 4.45. The Labute approximate surface area is 106 Å². The van der Waals surface area contributed by atoms with Crippen LogP contribution in [-0.2, 0) is 18.6 Å². The summed E-state index contributed by atoms with van der Waals surface area (Å²) >= 11 is 0. The number of allylic oxidation sites excluding steroid dienone is 4. The summed E-state index contributed by atoms with van der Waals surface area (Å²) in [6, 6.07) is 0. The Balaban J connectivity index is -0.000000333. The predicted octanol–water partition coefficient (Wildman–Crippen LogP) is 3.95. The van der Waals surface area contributed by atoms with Crippen molar-refractivity contribution in [3.8, 4) is 0 Å². The Kier molecular flexibility index (Phi) is 9.17. The minimum Gasteiger partial charge on any atom is -0.263 e. The topological polar surface area (TPSA) is 0 Å². The molecule has 0 amide bonds. The summed E-state index contributed by atoms with van der Waals surface area (Å²) in [5.74, 6) is 0. The standard InChI is InChI=1S/C10H15.2ClH.V/c1-7-6-10(4,5)9(3)8(7)2;;;/h1-5H3;2*1H;/q-1;;;. The third kappa shape index (κ3) is 3.71. The van der Waals surface area contributed by atoms with Crippen molar-refractivity contribution in [3.63, 3.8) is 0 Å². The molecule has 0 spiro atoms. The molecule has 77 valence electrons. The summed E-state index contributed by atoms with van der Waals surface area (Å²) in [5.41, 5.74) is 4.39. The Bertz CT molecular complexity index is 227. The fraction of sp³-hybridized carbons (Fsp3) is 0.600. The SMILES string of the molecule is CC1=[C-]C(C)(C)C(C)=C1C.Cl.Cl.[V]. The van der Waals surface area contributed by atoms with E-state index in [9.17, 15) is 0 Å². The first-order valence-corrected chi connectivity index (χ1v) is 3.75. The molecule has 1 rings (SSSR count). The molecule has 0 aromatic rings. The first-order valence-electron chi connectivity index (χ1n) is 3.75. The van der Waals surface area contributed by atoms with E-state index in [4.69, 9.17) is 0 Å². The second kappa shape index (κ2) is 6.19. The van der Waals surface area contributed by atoms with Crippen LogP contribution in [0.4, 0.5) is 0 Å². The quantitative estimate of drug-likeness (QED) is 0.578. The van der Waals surface area contributed by atoms with Crippen molar-refractivity contribution in [2.45, 2.75) is 34.6 Å². The van der Waals surface area contributed by atoms with Crippen molar-refractivity contribution in [2.75, 3.05) is 0 Å². The van der Waals surface area contributed by atoms with Gasteiger partial charge in [-0.1, -0.05) is 33.1 Å².